The van der Waals surface area contributed by atoms with E-state index in [9.17, 15) is 9.90 Å². The Morgan fingerprint density at radius 1 is 1.00 bits per heavy atom. The van der Waals surface area contributed by atoms with E-state index < -0.39 is 0 Å². The van der Waals surface area contributed by atoms with Gasteiger partial charge in [0, 0.05) is 30.1 Å². The van der Waals surface area contributed by atoms with Crippen LogP contribution in [-0.4, -0.2) is 40.7 Å². The zero-order valence-electron chi connectivity index (χ0n) is 23.7. The minimum absolute atomic E-state index is 0.0685. The van der Waals surface area contributed by atoms with Gasteiger partial charge in [0.2, 0.25) is 5.91 Å². The van der Waals surface area contributed by atoms with Crippen molar-refractivity contribution in [2.45, 2.75) is 89.1 Å². The molecule has 1 N–H and O–H groups in total. The van der Waals surface area contributed by atoms with Crippen LogP contribution in [0.3, 0.4) is 0 Å². The van der Waals surface area contributed by atoms with E-state index in [4.69, 9.17) is 14.1 Å². The van der Waals surface area contributed by atoms with Crippen molar-refractivity contribution in [3.63, 3.8) is 0 Å². The lowest BCUT2D eigenvalue weighted by Crippen LogP contribution is -2.42. The number of carbonyl (C=O) groups excluding carboxylic acids is 1. The second-order valence-electron chi connectivity index (χ2n) is 12.1. The SMILES string of the molecule is COc1ccc([C@H]2CC[C@H](CN(c3cc(-c4coc(C5CC5)n4)ccn3)C(=O)[C@H]3CC[C@H](O)CC3)CC2)cc1C. The number of rotatable bonds is 8. The second kappa shape index (κ2) is 11.7. The molecule has 3 saturated carbocycles. The maximum atomic E-state index is 14.0. The van der Waals surface area contributed by atoms with Crippen LogP contribution in [0.5, 0.6) is 5.75 Å². The summed E-state index contributed by atoms with van der Waals surface area (Å²) in [5, 5.41) is 10.0. The van der Waals surface area contributed by atoms with Crippen LogP contribution in [0.15, 0.2) is 47.2 Å². The minimum atomic E-state index is -0.288. The molecule has 0 saturated heterocycles. The van der Waals surface area contributed by atoms with Gasteiger partial charge in [-0.1, -0.05) is 12.1 Å². The zero-order valence-corrected chi connectivity index (χ0v) is 23.7. The van der Waals surface area contributed by atoms with E-state index >= 15 is 0 Å². The number of oxazole rings is 1. The van der Waals surface area contributed by atoms with E-state index in [1.807, 2.05) is 17.0 Å². The summed E-state index contributed by atoms with van der Waals surface area (Å²) in [6, 6.07) is 10.5. The maximum Gasteiger partial charge on any atom is 0.231 e. The molecule has 2 heterocycles. The van der Waals surface area contributed by atoms with Crippen molar-refractivity contribution in [1.29, 1.82) is 0 Å². The Morgan fingerprint density at radius 3 is 2.45 bits per heavy atom. The lowest BCUT2D eigenvalue weighted by atomic mass is 9.78. The molecule has 0 aliphatic heterocycles. The van der Waals surface area contributed by atoms with Crippen LogP contribution < -0.4 is 9.64 Å². The summed E-state index contributed by atoms with van der Waals surface area (Å²) in [5.74, 6) is 3.93. The highest BCUT2D eigenvalue weighted by Gasteiger charge is 2.33. The molecule has 3 aliphatic rings. The van der Waals surface area contributed by atoms with Gasteiger partial charge in [-0.3, -0.25) is 9.69 Å². The lowest BCUT2D eigenvalue weighted by molar-refractivity contribution is -0.124. The Morgan fingerprint density at radius 2 is 1.75 bits per heavy atom. The van der Waals surface area contributed by atoms with Crippen molar-refractivity contribution in [3.8, 4) is 17.0 Å². The molecule has 0 unspecified atom stereocenters. The van der Waals surface area contributed by atoms with Crippen molar-refractivity contribution in [2.75, 3.05) is 18.6 Å². The van der Waals surface area contributed by atoms with Gasteiger partial charge >= 0.3 is 0 Å². The molecule has 3 fully saturated rings. The fourth-order valence-electron chi connectivity index (χ4n) is 6.60. The highest BCUT2D eigenvalue weighted by atomic mass is 16.5. The van der Waals surface area contributed by atoms with Crippen molar-refractivity contribution < 1.29 is 19.1 Å². The number of ether oxygens (including phenoxy) is 1. The fourth-order valence-corrected chi connectivity index (χ4v) is 6.60. The molecule has 1 amide bonds. The molecule has 3 aromatic rings. The number of nitrogens with zero attached hydrogens (tertiary/aromatic N) is 3. The second-order valence-corrected chi connectivity index (χ2v) is 12.1. The number of methoxy groups -OCH3 is 1. The van der Waals surface area contributed by atoms with Crippen LogP contribution in [0.25, 0.3) is 11.3 Å². The van der Waals surface area contributed by atoms with E-state index in [1.54, 1.807) is 19.6 Å². The van der Waals surface area contributed by atoms with Crippen LogP contribution in [0, 0.1) is 18.8 Å². The number of pyridine rings is 1. The molecule has 0 spiro atoms. The monoisotopic (exact) mass is 543 g/mol. The maximum absolute atomic E-state index is 14.0. The summed E-state index contributed by atoms with van der Waals surface area (Å²) >= 11 is 0. The van der Waals surface area contributed by atoms with Crippen molar-refractivity contribution in [1.82, 2.24) is 9.97 Å². The average molecular weight is 544 g/mol. The van der Waals surface area contributed by atoms with Gasteiger partial charge in [0.05, 0.1) is 13.2 Å². The molecule has 7 nitrogen and oxygen atoms in total. The first-order valence-corrected chi connectivity index (χ1v) is 15.0. The first-order valence-electron chi connectivity index (χ1n) is 15.0. The van der Waals surface area contributed by atoms with Crippen molar-refractivity contribution >= 4 is 11.7 Å². The highest BCUT2D eigenvalue weighted by Crippen LogP contribution is 2.41. The normalized spacial score (nSPS) is 25.0. The molecule has 40 heavy (non-hydrogen) atoms. The first kappa shape index (κ1) is 27.0. The quantitative estimate of drug-likeness (QED) is 0.337. The molecule has 7 heteroatoms. The lowest BCUT2D eigenvalue weighted by Gasteiger charge is -2.35. The standard InChI is InChI=1S/C33H41N3O4/c1-21-17-26(11-14-30(21)39-2)23-5-3-22(4-6-23)19-36(33(38)25-9-12-28(37)13-10-25)31-18-27(15-16-34-31)29-20-40-32(35-29)24-7-8-24/h11,14-18,20,22-25,28,37H,3-10,12-13,19H2,1-2H3/t22-,23-,25-,28-. The van der Waals surface area contributed by atoms with Crippen LogP contribution in [0.2, 0.25) is 0 Å². The topological polar surface area (TPSA) is 88.7 Å². The highest BCUT2D eigenvalue weighted by molar-refractivity contribution is 5.94. The number of hydrogen-bond donors (Lipinski definition) is 1. The van der Waals surface area contributed by atoms with E-state index in [0.29, 0.717) is 43.0 Å². The molecule has 0 atom stereocenters. The predicted molar refractivity (Wildman–Crippen MR) is 154 cm³/mol. The molecule has 1 aromatic carbocycles. The Kier molecular flexibility index (Phi) is 7.92. The van der Waals surface area contributed by atoms with Gasteiger partial charge < -0.3 is 14.3 Å². The summed E-state index contributed by atoms with van der Waals surface area (Å²) in [6.07, 6.45) is 12.7. The number of anilines is 1. The van der Waals surface area contributed by atoms with Crippen molar-refractivity contribution in [3.05, 3.63) is 59.8 Å². The fraction of sp³-hybridized carbons (Fsp3) is 0.545. The number of aryl methyl sites for hydroxylation is 1. The molecule has 6 rings (SSSR count). The number of aliphatic hydroxyl groups excluding tert-OH is 1. The summed E-state index contributed by atoms with van der Waals surface area (Å²) in [4.78, 5) is 25.3. The molecule has 0 bridgehead atoms. The Hall–Kier alpha value is -3.19. The molecule has 212 valence electrons. The first-order chi connectivity index (χ1) is 19.5. The van der Waals surface area contributed by atoms with Gasteiger partial charge in [-0.05, 0) is 112 Å². The van der Waals surface area contributed by atoms with Crippen molar-refractivity contribution in [2.24, 2.45) is 11.8 Å². The number of aromatic nitrogens is 2. The summed E-state index contributed by atoms with van der Waals surface area (Å²) in [6.45, 7) is 2.78. The number of hydrogen-bond acceptors (Lipinski definition) is 6. The number of carbonyl (C=O) groups is 1. The summed E-state index contributed by atoms with van der Waals surface area (Å²) in [7, 11) is 1.72. The Bertz CT molecular complexity index is 1320. The van der Waals surface area contributed by atoms with Crippen LogP contribution in [0.4, 0.5) is 5.82 Å². The van der Waals surface area contributed by atoms with Gasteiger partial charge in [-0.2, -0.15) is 0 Å². The van der Waals surface area contributed by atoms with E-state index in [-0.39, 0.29) is 17.9 Å². The number of aliphatic hydroxyl groups is 1. The van der Waals surface area contributed by atoms with E-state index in [0.717, 1.165) is 74.3 Å². The smallest absolute Gasteiger partial charge is 0.231 e. The molecule has 2 aromatic heterocycles. The Balaban J connectivity index is 1.19. The van der Waals surface area contributed by atoms with Gasteiger partial charge in [-0.25, -0.2) is 9.97 Å². The third kappa shape index (κ3) is 5.95. The average Bonchev–Trinajstić information content (AvgIpc) is 3.72. The Labute approximate surface area is 237 Å². The largest absolute Gasteiger partial charge is 0.496 e. The van der Waals surface area contributed by atoms with E-state index in [2.05, 4.69) is 30.1 Å². The minimum Gasteiger partial charge on any atom is -0.496 e. The predicted octanol–water partition coefficient (Wildman–Crippen LogP) is 6.79. The molecular formula is C33H41N3O4. The van der Waals surface area contributed by atoms with Crippen LogP contribution >= 0.6 is 0 Å². The number of amides is 1. The third-order valence-electron chi connectivity index (χ3n) is 9.26. The summed E-state index contributed by atoms with van der Waals surface area (Å²) < 4.78 is 11.2. The third-order valence-corrected chi connectivity index (χ3v) is 9.26. The van der Waals surface area contributed by atoms with Gasteiger partial charge in [0.15, 0.2) is 5.89 Å². The van der Waals surface area contributed by atoms with Crippen LogP contribution in [0.1, 0.15) is 93.1 Å². The van der Waals surface area contributed by atoms with E-state index in [1.165, 1.54) is 11.1 Å². The van der Waals surface area contributed by atoms with Gasteiger partial charge in [0.25, 0.3) is 0 Å². The number of benzene rings is 1. The van der Waals surface area contributed by atoms with Gasteiger partial charge in [0.1, 0.15) is 23.5 Å². The van der Waals surface area contributed by atoms with Crippen LogP contribution in [-0.2, 0) is 4.79 Å². The summed E-state index contributed by atoms with van der Waals surface area (Å²) in [5.41, 5.74) is 4.29. The van der Waals surface area contributed by atoms with Gasteiger partial charge in [-0.15, -0.1) is 0 Å². The molecular weight excluding hydrogens is 502 g/mol. The molecule has 0 radical (unpaired) electrons. The zero-order chi connectivity index (χ0) is 27.6. The molecule has 3 aliphatic carbocycles.